The number of anilines is 2. The summed E-state index contributed by atoms with van der Waals surface area (Å²) in [7, 11) is 1.85. The minimum atomic E-state index is 0.0211. The summed E-state index contributed by atoms with van der Waals surface area (Å²) in [5.74, 6) is 0.995. The predicted molar refractivity (Wildman–Crippen MR) is 138 cm³/mol. The minimum Gasteiger partial charge on any atom is -0.369 e. The Kier molecular flexibility index (Phi) is 6.89. The van der Waals surface area contributed by atoms with Crippen molar-refractivity contribution in [1.82, 2.24) is 4.90 Å². The van der Waals surface area contributed by atoms with Crippen LogP contribution >= 0.6 is 0 Å². The van der Waals surface area contributed by atoms with E-state index in [1.54, 1.807) is 4.90 Å². The van der Waals surface area contributed by atoms with E-state index < -0.39 is 0 Å². The molecule has 5 rings (SSSR count). The molecule has 5 heteroatoms. The molecule has 2 aromatic rings. The molecule has 3 aliphatic rings. The van der Waals surface area contributed by atoms with Crippen LogP contribution in [0.15, 0.2) is 48.5 Å². The number of likely N-dealkylation sites (tertiary alicyclic amines) is 1. The van der Waals surface area contributed by atoms with E-state index in [4.69, 9.17) is 0 Å². The van der Waals surface area contributed by atoms with Crippen molar-refractivity contribution in [1.29, 1.82) is 0 Å². The molecule has 180 valence electrons. The van der Waals surface area contributed by atoms with Crippen molar-refractivity contribution in [2.45, 2.75) is 69.7 Å². The summed E-state index contributed by atoms with van der Waals surface area (Å²) in [5.41, 5.74) is 4.17. The maximum atomic E-state index is 13.1. The van der Waals surface area contributed by atoms with Gasteiger partial charge < -0.3 is 14.7 Å². The van der Waals surface area contributed by atoms with Gasteiger partial charge >= 0.3 is 0 Å². The fourth-order valence-electron chi connectivity index (χ4n) is 5.98. The lowest BCUT2D eigenvalue weighted by molar-refractivity contribution is -0.135. The monoisotopic (exact) mass is 459 g/mol. The van der Waals surface area contributed by atoms with Crippen molar-refractivity contribution < 1.29 is 9.59 Å². The van der Waals surface area contributed by atoms with Crippen LogP contribution in [0, 0.1) is 0 Å². The highest BCUT2D eigenvalue weighted by molar-refractivity contribution is 6.05. The van der Waals surface area contributed by atoms with Gasteiger partial charge in [-0.15, -0.1) is 0 Å². The van der Waals surface area contributed by atoms with Crippen LogP contribution < -0.4 is 9.80 Å². The number of benzene rings is 2. The Bertz CT molecular complexity index is 995. The van der Waals surface area contributed by atoms with Crippen LogP contribution in [0.3, 0.4) is 0 Å². The average molecular weight is 460 g/mol. The molecule has 2 aliphatic heterocycles. The van der Waals surface area contributed by atoms with Crippen LogP contribution in [-0.2, 0) is 4.79 Å². The Balaban J connectivity index is 1.20. The molecule has 2 aromatic carbocycles. The Labute approximate surface area is 203 Å². The van der Waals surface area contributed by atoms with Crippen LogP contribution in [-0.4, -0.2) is 49.4 Å². The quantitative estimate of drug-likeness (QED) is 0.584. The van der Waals surface area contributed by atoms with Crippen LogP contribution in [0.4, 0.5) is 11.4 Å². The van der Waals surface area contributed by atoms with Gasteiger partial charge in [-0.1, -0.05) is 31.4 Å². The first-order chi connectivity index (χ1) is 16.6. The fourth-order valence-corrected chi connectivity index (χ4v) is 5.98. The Hall–Kier alpha value is -2.82. The van der Waals surface area contributed by atoms with Crippen molar-refractivity contribution in [3.8, 4) is 0 Å². The topological polar surface area (TPSA) is 43.9 Å². The molecule has 0 bridgehead atoms. The molecule has 0 spiro atoms. The van der Waals surface area contributed by atoms with Crippen molar-refractivity contribution in [3.05, 3.63) is 59.7 Å². The second-order valence-electron chi connectivity index (χ2n) is 10.3. The molecule has 2 heterocycles. The molecule has 2 saturated heterocycles. The maximum Gasteiger partial charge on any atom is 0.258 e. The minimum absolute atomic E-state index is 0.0211. The predicted octanol–water partition coefficient (Wildman–Crippen LogP) is 5.60. The van der Waals surface area contributed by atoms with Crippen molar-refractivity contribution in [2.24, 2.45) is 0 Å². The third kappa shape index (κ3) is 4.84. The molecule has 1 unspecified atom stereocenters. The number of nitrogens with zero attached hydrogens (tertiary/aromatic N) is 3. The second-order valence-corrected chi connectivity index (χ2v) is 10.3. The zero-order valence-electron chi connectivity index (χ0n) is 20.4. The van der Waals surface area contributed by atoms with E-state index in [1.807, 2.05) is 31.3 Å². The Morgan fingerprint density at radius 1 is 0.853 bits per heavy atom. The number of hydrogen-bond donors (Lipinski definition) is 0. The molecule has 1 saturated carbocycles. The molecule has 0 N–H and O–H groups in total. The summed E-state index contributed by atoms with van der Waals surface area (Å²) >= 11 is 0. The van der Waals surface area contributed by atoms with E-state index in [2.05, 4.69) is 34.1 Å². The summed E-state index contributed by atoms with van der Waals surface area (Å²) in [6.07, 6.45) is 10.4. The largest absolute Gasteiger partial charge is 0.369 e. The van der Waals surface area contributed by atoms with E-state index in [0.29, 0.717) is 24.3 Å². The normalized spacial score (nSPS) is 21.7. The van der Waals surface area contributed by atoms with E-state index in [-0.39, 0.29) is 5.91 Å². The third-order valence-electron chi connectivity index (χ3n) is 8.11. The van der Waals surface area contributed by atoms with Gasteiger partial charge in [0.15, 0.2) is 0 Å². The first kappa shape index (κ1) is 22.9. The smallest absolute Gasteiger partial charge is 0.258 e. The van der Waals surface area contributed by atoms with Crippen molar-refractivity contribution >= 4 is 23.2 Å². The number of carbonyl (C=O) groups excluding carboxylic acids is 2. The summed E-state index contributed by atoms with van der Waals surface area (Å²) < 4.78 is 0. The number of rotatable bonds is 5. The Morgan fingerprint density at radius 2 is 1.59 bits per heavy atom. The van der Waals surface area contributed by atoms with E-state index in [1.165, 1.54) is 37.7 Å². The van der Waals surface area contributed by atoms with Gasteiger partial charge in [0.1, 0.15) is 0 Å². The molecular formula is C29H37N3O2. The van der Waals surface area contributed by atoms with Gasteiger partial charge in [-0.2, -0.15) is 0 Å². The highest BCUT2D eigenvalue weighted by atomic mass is 16.2. The van der Waals surface area contributed by atoms with Gasteiger partial charge in [0.25, 0.3) is 5.91 Å². The van der Waals surface area contributed by atoms with Crippen LogP contribution in [0.2, 0.25) is 0 Å². The summed E-state index contributed by atoms with van der Waals surface area (Å²) in [6.45, 7) is 2.77. The van der Waals surface area contributed by atoms with Gasteiger partial charge in [0.2, 0.25) is 5.91 Å². The molecular weight excluding hydrogens is 422 g/mol. The molecule has 1 atom stereocenters. The van der Waals surface area contributed by atoms with Gasteiger partial charge in [-0.25, -0.2) is 0 Å². The molecule has 34 heavy (non-hydrogen) atoms. The standard InChI is InChI=1S/C29H37N3O2/c1-30(29(34)24-12-10-23(11-13-24)22-7-3-2-4-8-22)25-14-16-26(17-15-25)31-20-18-27(21-31)32-19-6-5-9-28(32)33/h10-17,22,27H,2-9,18-21H2,1H3. The highest BCUT2D eigenvalue weighted by Crippen LogP contribution is 2.33. The van der Waals surface area contributed by atoms with Crippen molar-refractivity contribution in [2.75, 3.05) is 36.5 Å². The average Bonchev–Trinajstić information content (AvgIpc) is 3.39. The van der Waals surface area contributed by atoms with Crippen molar-refractivity contribution in [3.63, 3.8) is 0 Å². The van der Waals surface area contributed by atoms with Gasteiger partial charge in [0.05, 0.1) is 6.04 Å². The van der Waals surface area contributed by atoms with Crippen LogP contribution in [0.1, 0.15) is 79.6 Å². The third-order valence-corrected chi connectivity index (χ3v) is 8.11. The lowest BCUT2D eigenvalue weighted by Crippen LogP contribution is -2.44. The van der Waals surface area contributed by atoms with E-state index in [0.717, 1.165) is 55.8 Å². The number of hydrogen-bond acceptors (Lipinski definition) is 3. The maximum absolute atomic E-state index is 13.1. The molecule has 0 aromatic heterocycles. The van der Waals surface area contributed by atoms with Crippen LogP contribution in [0.5, 0.6) is 0 Å². The molecule has 5 nitrogen and oxygen atoms in total. The van der Waals surface area contributed by atoms with Gasteiger partial charge in [-0.3, -0.25) is 9.59 Å². The van der Waals surface area contributed by atoms with E-state index >= 15 is 0 Å². The summed E-state index contributed by atoms with van der Waals surface area (Å²) in [6, 6.07) is 16.9. The molecule has 3 fully saturated rings. The molecule has 0 radical (unpaired) electrons. The molecule has 2 amide bonds. The van der Waals surface area contributed by atoms with Gasteiger partial charge in [-0.05, 0) is 80.0 Å². The van der Waals surface area contributed by atoms with E-state index in [9.17, 15) is 9.59 Å². The zero-order chi connectivity index (χ0) is 23.5. The highest BCUT2D eigenvalue weighted by Gasteiger charge is 2.32. The number of amides is 2. The lowest BCUT2D eigenvalue weighted by atomic mass is 9.84. The Morgan fingerprint density at radius 3 is 2.29 bits per heavy atom. The summed E-state index contributed by atoms with van der Waals surface area (Å²) in [5, 5.41) is 0. The first-order valence-corrected chi connectivity index (χ1v) is 13.1. The molecule has 1 aliphatic carbocycles. The summed E-state index contributed by atoms with van der Waals surface area (Å²) in [4.78, 5) is 31.6. The SMILES string of the molecule is CN(C(=O)c1ccc(C2CCCCC2)cc1)c1ccc(N2CCC(N3CCCCC3=O)C2)cc1. The zero-order valence-corrected chi connectivity index (χ0v) is 20.4. The number of carbonyl (C=O) groups is 2. The lowest BCUT2D eigenvalue weighted by Gasteiger charge is -2.32. The second kappa shape index (κ2) is 10.2. The van der Waals surface area contributed by atoms with Crippen LogP contribution in [0.25, 0.3) is 0 Å². The number of piperidine rings is 1. The fraction of sp³-hybridized carbons (Fsp3) is 0.517. The van der Waals surface area contributed by atoms with Gasteiger partial charge in [0, 0.05) is 50.0 Å². The first-order valence-electron chi connectivity index (χ1n) is 13.1.